The van der Waals surface area contributed by atoms with Gasteiger partial charge in [-0.1, -0.05) is 12.1 Å². The number of carbonyl (C=O) groups excluding carboxylic acids is 1. The molecule has 27 heavy (non-hydrogen) atoms. The molecule has 0 saturated carbocycles. The number of H-pyrrole nitrogens is 1. The molecule has 0 aliphatic carbocycles. The summed E-state index contributed by atoms with van der Waals surface area (Å²) in [6, 6.07) is 7.94. The number of halogens is 1. The first-order valence-electron chi connectivity index (χ1n) is 8.83. The van der Waals surface area contributed by atoms with Crippen LogP contribution in [-0.2, 0) is 6.54 Å². The van der Waals surface area contributed by atoms with Gasteiger partial charge in [0, 0.05) is 24.4 Å². The van der Waals surface area contributed by atoms with Crippen molar-refractivity contribution in [2.24, 2.45) is 0 Å². The maximum Gasteiger partial charge on any atom is 0.343 e. The lowest BCUT2D eigenvalue weighted by molar-refractivity contribution is 0.0711. The number of likely N-dealkylation sites (tertiary alicyclic amines) is 1. The highest BCUT2D eigenvalue weighted by Gasteiger charge is 2.28. The Hall–Kier alpha value is -2.74. The van der Waals surface area contributed by atoms with Crippen molar-refractivity contribution in [1.82, 2.24) is 19.7 Å². The number of rotatable bonds is 4. The number of hydrogen-bond acceptors (Lipinski definition) is 4. The Kier molecular flexibility index (Phi) is 4.89. The second-order valence-corrected chi connectivity index (χ2v) is 7.46. The molecule has 6 nitrogen and oxygen atoms in total. The van der Waals surface area contributed by atoms with Gasteiger partial charge in [0.1, 0.15) is 11.6 Å². The van der Waals surface area contributed by atoms with E-state index in [1.165, 1.54) is 23.5 Å². The van der Waals surface area contributed by atoms with Crippen LogP contribution >= 0.6 is 11.3 Å². The van der Waals surface area contributed by atoms with E-state index in [0.29, 0.717) is 25.5 Å². The SMILES string of the molecule is O=C(c1ccsc1)N1CCC(c2n[nH]c(=O)n2Cc2ccc(F)cc2)CC1. The van der Waals surface area contributed by atoms with Crippen molar-refractivity contribution < 1.29 is 9.18 Å². The number of piperidine rings is 1. The molecule has 0 bridgehead atoms. The van der Waals surface area contributed by atoms with Crippen LogP contribution in [0.5, 0.6) is 0 Å². The van der Waals surface area contributed by atoms with Crippen LogP contribution in [0.15, 0.2) is 45.9 Å². The van der Waals surface area contributed by atoms with Gasteiger partial charge in [0.2, 0.25) is 0 Å². The predicted molar refractivity (Wildman–Crippen MR) is 101 cm³/mol. The van der Waals surface area contributed by atoms with Gasteiger partial charge in [-0.2, -0.15) is 16.4 Å². The van der Waals surface area contributed by atoms with Crippen molar-refractivity contribution in [1.29, 1.82) is 0 Å². The lowest BCUT2D eigenvalue weighted by Crippen LogP contribution is -2.38. The van der Waals surface area contributed by atoms with E-state index in [0.717, 1.165) is 24.0 Å². The summed E-state index contributed by atoms with van der Waals surface area (Å²) in [5.74, 6) is 0.560. The minimum Gasteiger partial charge on any atom is -0.339 e. The molecule has 1 aromatic carbocycles. The van der Waals surface area contributed by atoms with Crippen molar-refractivity contribution in [2.75, 3.05) is 13.1 Å². The standard InChI is InChI=1S/C19H19FN4O2S/c20-16-3-1-13(2-4-16)11-24-17(21-22-19(24)26)14-5-8-23(9-6-14)18(25)15-7-10-27-12-15/h1-4,7,10,12,14H,5-6,8-9,11H2,(H,22,26). The molecular formula is C19H19FN4O2S. The zero-order valence-corrected chi connectivity index (χ0v) is 15.4. The Morgan fingerprint density at radius 2 is 1.96 bits per heavy atom. The molecule has 0 unspecified atom stereocenters. The number of aromatic amines is 1. The van der Waals surface area contributed by atoms with Crippen molar-refractivity contribution in [3.63, 3.8) is 0 Å². The lowest BCUT2D eigenvalue weighted by Gasteiger charge is -2.31. The molecular weight excluding hydrogens is 367 g/mol. The summed E-state index contributed by atoms with van der Waals surface area (Å²) in [7, 11) is 0. The summed E-state index contributed by atoms with van der Waals surface area (Å²) in [6.07, 6.45) is 1.51. The van der Waals surface area contributed by atoms with E-state index in [2.05, 4.69) is 10.2 Å². The Morgan fingerprint density at radius 3 is 2.63 bits per heavy atom. The van der Waals surface area contributed by atoms with Gasteiger partial charge in [-0.05, 0) is 42.0 Å². The Balaban J connectivity index is 1.46. The van der Waals surface area contributed by atoms with Gasteiger partial charge in [0.05, 0.1) is 12.1 Å². The third-order valence-electron chi connectivity index (χ3n) is 4.96. The highest BCUT2D eigenvalue weighted by Crippen LogP contribution is 2.27. The highest BCUT2D eigenvalue weighted by molar-refractivity contribution is 7.08. The molecule has 1 amide bonds. The van der Waals surface area contributed by atoms with Gasteiger partial charge in [0.15, 0.2) is 0 Å². The maximum atomic E-state index is 13.1. The van der Waals surface area contributed by atoms with Crippen LogP contribution in [0.3, 0.4) is 0 Å². The van der Waals surface area contributed by atoms with Crippen molar-refractivity contribution in [2.45, 2.75) is 25.3 Å². The summed E-state index contributed by atoms with van der Waals surface area (Å²) < 4.78 is 14.7. The average Bonchev–Trinajstić information content (AvgIpc) is 3.34. The molecule has 3 heterocycles. The minimum atomic E-state index is -0.304. The van der Waals surface area contributed by atoms with Crippen molar-refractivity contribution >= 4 is 17.2 Å². The van der Waals surface area contributed by atoms with Gasteiger partial charge in [0.25, 0.3) is 5.91 Å². The zero-order chi connectivity index (χ0) is 18.8. The van der Waals surface area contributed by atoms with Crippen LogP contribution in [0.2, 0.25) is 0 Å². The molecule has 8 heteroatoms. The summed E-state index contributed by atoms with van der Waals surface area (Å²) in [5.41, 5.74) is 1.30. The Morgan fingerprint density at radius 1 is 1.22 bits per heavy atom. The molecule has 0 atom stereocenters. The van der Waals surface area contributed by atoms with Gasteiger partial charge in [-0.15, -0.1) is 0 Å². The quantitative estimate of drug-likeness (QED) is 0.750. The number of hydrogen-bond donors (Lipinski definition) is 1. The van der Waals surface area contributed by atoms with Crippen molar-refractivity contribution in [3.8, 4) is 0 Å². The van der Waals surface area contributed by atoms with Gasteiger partial charge in [-0.25, -0.2) is 14.3 Å². The largest absolute Gasteiger partial charge is 0.343 e. The number of nitrogens with zero attached hydrogens (tertiary/aromatic N) is 3. The van der Waals surface area contributed by atoms with Crippen LogP contribution < -0.4 is 5.69 Å². The molecule has 1 fully saturated rings. The van der Waals surface area contributed by atoms with Crippen LogP contribution in [-0.4, -0.2) is 38.7 Å². The van der Waals surface area contributed by atoms with E-state index in [4.69, 9.17) is 0 Å². The molecule has 3 aromatic rings. The topological polar surface area (TPSA) is 71.0 Å². The first-order valence-corrected chi connectivity index (χ1v) is 9.77. The lowest BCUT2D eigenvalue weighted by atomic mass is 9.95. The number of nitrogens with one attached hydrogen (secondary N) is 1. The fourth-order valence-corrected chi connectivity index (χ4v) is 4.11. The maximum absolute atomic E-state index is 13.1. The normalized spacial score (nSPS) is 15.2. The molecule has 1 saturated heterocycles. The molecule has 1 N–H and O–H groups in total. The number of benzene rings is 1. The van der Waals surface area contributed by atoms with E-state index >= 15 is 0 Å². The van der Waals surface area contributed by atoms with Gasteiger partial charge < -0.3 is 4.90 Å². The molecule has 0 radical (unpaired) electrons. The van der Waals surface area contributed by atoms with E-state index in [9.17, 15) is 14.0 Å². The van der Waals surface area contributed by atoms with E-state index in [1.807, 2.05) is 21.7 Å². The monoisotopic (exact) mass is 386 g/mol. The summed E-state index contributed by atoms with van der Waals surface area (Å²) in [6.45, 7) is 1.62. The fourth-order valence-electron chi connectivity index (χ4n) is 3.48. The number of carbonyl (C=O) groups is 1. The predicted octanol–water partition coefficient (Wildman–Crippen LogP) is 2.84. The van der Waals surface area contributed by atoms with E-state index in [-0.39, 0.29) is 23.3 Å². The Labute approximate surface area is 159 Å². The summed E-state index contributed by atoms with van der Waals surface area (Å²) >= 11 is 1.51. The molecule has 2 aromatic heterocycles. The fraction of sp³-hybridized carbons (Fsp3) is 0.316. The van der Waals surface area contributed by atoms with Gasteiger partial charge in [-0.3, -0.25) is 9.36 Å². The highest BCUT2D eigenvalue weighted by atomic mass is 32.1. The molecule has 4 rings (SSSR count). The smallest absolute Gasteiger partial charge is 0.339 e. The van der Waals surface area contributed by atoms with Crippen LogP contribution in [0, 0.1) is 5.82 Å². The molecule has 1 aliphatic rings. The van der Waals surface area contributed by atoms with Crippen LogP contribution in [0.1, 0.15) is 40.5 Å². The molecule has 1 aliphatic heterocycles. The average molecular weight is 386 g/mol. The van der Waals surface area contributed by atoms with E-state index in [1.54, 1.807) is 16.7 Å². The van der Waals surface area contributed by atoms with E-state index < -0.39 is 0 Å². The second kappa shape index (κ2) is 7.48. The zero-order valence-electron chi connectivity index (χ0n) is 14.6. The summed E-state index contributed by atoms with van der Waals surface area (Å²) in [5, 5.41) is 10.5. The molecule has 140 valence electrons. The third kappa shape index (κ3) is 3.71. The van der Waals surface area contributed by atoms with Crippen LogP contribution in [0.25, 0.3) is 0 Å². The number of aromatic nitrogens is 3. The number of amides is 1. The molecule has 0 spiro atoms. The Bertz CT molecular complexity index is 970. The third-order valence-corrected chi connectivity index (χ3v) is 5.64. The second-order valence-electron chi connectivity index (χ2n) is 6.68. The first kappa shape index (κ1) is 17.7. The van der Waals surface area contributed by atoms with Crippen molar-refractivity contribution in [3.05, 3.63) is 74.3 Å². The van der Waals surface area contributed by atoms with Crippen LogP contribution in [0.4, 0.5) is 4.39 Å². The first-order chi connectivity index (χ1) is 13.1. The van der Waals surface area contributed by atoms with Gasteiger partial charge >= 0.3 is 5.69 Å². The minimum absolute atomic E-state index is 0.0560. The number of thiophene rings is 1. The summed E-state index contributed by atoms with van der Waals surface area (Å²) in [4.78, 5) is 26.5.